The van der Waals surface area contributed by atoms with E-state index in [9.17, 15) is 0 Å². The lowest BCUT2D eigenvalue weighted by Gasteiger charge is -2.33. The predicted molar refractivity (Wildman–Crippen MR) is 102 cm³/mol. The Morgan fingerprint density at radius 3 is 2.13 bits per heavy atom. The number of rotatable bonds is 2. The van der Waals surface area contributed by atoms with E-state index in [1.807, 2.05) is 0 Å². The van der Waals surface area contributed by atoms with Crippen molar-refractivity contribution in [3.63, 3.8) is 0 Å². The van der Waals surface area contributed by atoms with Crippen molar-refractivity contribution in [3.8, 4) is 0 Å². The van der Waals surface area contributed by atoms with Gasteiger partial charge in [0.2, 0.25) is 0 Å². The maximum atomic E-state index is 5.85. The van der Waals surface area contributed by atoms with Crippen molar-refractivity contribution in [1.29, 1.82) is 0 Å². The number of anilines is 1. The minimum Gasteiger partial charge on any atom is -0.342 e. The van der Waals surface area contributed by atoms with E-state index >= 15 is 0 Å². The molecule has 2 aromatic carbocycles. The second kappa shape index (κ2) is 5.97. The molecule has 0 aromatic heterocycles. The lowest BCUT2D eigenvalue weighted by Crippen LogP contribution is -2.44. The summed E-state index contributed by atoms with van der Waals surface area (Å²) in [6.45, 7) is 9.70. The molecule has 0 aliphatic carbocycles. The van der Waals surface area contributed by atoms with Crippen LogP contribution in [0.5, 0.6) is 0 Å². The van der Waals surface area contributed by atoms with Gasteiger partial charge in [0.15, 0.2) is 5.11 Å². The van der Waals surface area contributed by atoms with Gasteiger partial charge in [-0.3, -0.25) is 0 Å². The minimum absolute atomic E-state index is 0.0174. The molecule has 0 bridgehead atoms. The zero-order valence-corrected chi connectivity index (χ0v) is 15.1. The van der Waals surface area contributed by atoms with Gasteiger partial charge >= 0.3 is 0 Å². The van der Waals surface area contributed by atoms with Gasteiger partial charge in [0, 0.05) is 17.8 Å². The van der Waals surface area contributed by atoms with Gasteiger partial charge < -0.3 is 9.80 Å². The Balaban J connectivity index is 2.04. The minimum atomic E-state index is 0.0174. The van der Waals surface area contributed by atoms with Gasteiger partial charge in [-0.05, 0) is 57.6 Å². The highest BCUT2D eigenvalue weighted by atomic mass is 32.1. The average molecular weight is 324 g/mol. The maximum Gasteiger partial charge on any atom is 0.177 e. The van der Waals surface area contributed by atoms with Crippen LogP contribution in [-0.2, 0) is 0 Å². The van der Waals surface area contributed by atoms with E-state index in [4.69, 9.17) is 12.2 Å². The molecule has 2 aromatic rings. The number of hydrogen-bond acceptors (Lipinski definition) is 1. The van der Waals surface area contributed by atoms with Crippen LogP contribution in [0.15, 0.2) is 54.6 Å². The van der Waals surface area contributed by atoms with Crippen LogP contribution >= 0.6 is 12.2 Å². The molecule has 0 radical (unpaired) electrons. The molecule has 1 saturated heterocycles. The molecule has 1 heterocycles. The SMILES string of the molecule is Cc1ccc(N2C(=S)N(C(C)(C)C)C[C@@H]2c2ccccc2)cc1. The topological polar surface area (TPSA) is 6.48 Å². The van der Waals surface area contributed by atoms with Crippen molar-refractivity contribution < 1.29 is 0 Å². The molecular weight excluding hydrogens is 300 g/mol. The molecule has 3 rings (SSSR count). The molecule has 1 aliphatic heterocycles. The highest BCUT2D eigenvalue weighted by molar-refractivity contribution is 7.80. The number of hydrogen-bond donors (Lipinski definition) is 0. The first-order chi connectivity index (χ1) is 10.9. The number of nitrogens with zero attached hydrogens (tertiary/aromatic N) is 2. The Kier molecular flexibility index (Phi) is 4.15. The first kappa shape index (κ1) is 16.0. The van der Waals surface area contributed by atoms with E-state index in [2.05, 4.69) is 92.1 Å². The van der Waals surface area contributed by atoms with Crippen LogP contribution < -0.4 is 4.90 Å². The Bertz CT molecular complexity index is 686. The molecule has 0 spiro atoms. The Morgan fingerprint density at radius 1 is 0.957 bits per heavy atom. The molecule has 0 amide bonds. The first-order valence-corrected chi connectivity index (χ1v) is 8.51. The molecule has 0 saturated carbocycles. The molecular formula is C20H24N2S. The second-order valence-electron chi connectivity index (χ2n) is 7.20. The Morgan fingerprint density at radius 2 is 1.57 bits per heavy atom. The summed E-state index contributed by atoms with van der Waals surface area (Å²) in [7, 11) is 0. The normalized spacial score (nSPS) is 18.6. The van der Waals surface area contributed by atoms with Gasteiger partial charge in [-0.2, -0.15) is 0 Å². The van der Waals surface area contributed by atoms with Crippen LogP contribution in [0.3, 0.4) is 0 Å². The van der Waals surface area contributed by atoms with E-state index < -0.39 is 0 Å². The largest absolute Gasteiger partial charge is 0.342 e. The van der Waals surface area contributed by atoms with Crippen LogP contribution in [0.2, 0.25) is 0 Å². The van der Waals surface area contributed by atoms with E-state index in [1.54, 1.807) is 0 Å². The standard InChI is InChI=1S/C20H24N2S/c1-15-10-12-17(13-11-15)22-18(16-8-6-5-7-9-16)14-21(19(22)23)20(2,3)4/h5-13,18H,14H2,1-4H3/t18-/m1/s1. The highest BCUT2D eigenvalue weighted by Gasteiger charge is 2.40. The van der Waals surface area contributed by atoms with E-state index in [1.165, 1.54) is 16.8 Å². The van der Waals surface area contributed by atoms with Gasteiger partial charge in [-0.1, -0.05) is 48.0 Å². The lowest BCUT2D eigenvalue weighted by atomic mass is 10.0. The van der Waals surface area contributed by atoms with Crippen LogP contribution in [0.25, 0.3) is 0 Å². The van der Waals surface area contributed by atoms with Crippen molar-refractivity contribution in [2.24, 2.45) is 0 Å². The summed E-state index contributed by atoms with van der Waals surface area (Å²) in [5.74, 6) is 0. The maximum absolute atomic E-state index is 5.85. The fourth-order valence-electron chi connectivity index (χ4n) is 3.08. The van der Waals surface area contributed by atoms with Crippen LogP contribution in [-0.4, -0.2) is 22.1 Å². The van der Waals surface area contributed by atoms with Gasteiger partial charge in [0.05, 0.1) is 6.04 Å². The molecule has 3 heteroatoms. The highest BCUT2D eigenvalue weighted by Crippen LogP contribution is 2.37. The Labute approximate surface area is 144 Å². The summed E-state index contributed by atoms with van der Waals surface area (Å²) in [5, 5.41) is 0.912. The third-order valence-corrected chi connectivity index (χ3v) is 4.83. The molecule has 0 unspecified atom stereocenters. The van der Waals surface area contributed by atoms with Crippen molar-refractivity contribution in [1.82, 2.24) is 4.90 Å². The molecule has 0 N–H and O–H groups in total. The van der Waals surface area contributed by atoms with E-state index in [0.29, 0.717) is 0 Å². The molecule has 23 heavy (non-hydrogen) atoms. The van der Waals surface area contributed by atoms with Gasteiger partial charge in [0.25, 0.3) is 0 Å². The fraction of sp³-hybridized carbons (Fsp3) is 0.350. The van der Waals surface area contributed by atoms with Gasteiger partial charge in [0.1, 0.15) is 0 Å². The average Bonchev–Trinajstić information content (AvgIpc) is 2.87. The van der Waals surface area contributed by atoms with Gasteiger partial charge in [-0.25, -0.2) is 0 Å². The summed E-state index contributed by atoms with van der Waals surface area (Å²) in [6, 6.07) is 19.6. The molecule has 1 atom stereocenters. The third kappa shape index (κ3) is 3.11. The second-order valence-corrected chi connectivity index (χ2v) is 7.56. The van der Waals surface area contributed by atoms with Crippen LogP contribution in [0, 0.1) is 6.92 Å². The number of aryl methyl sites for hydroxylation is 1. The summed E-state index contributed by atoms with van der Waals surface area (Å²) < 4.78 is 0. The molecule has 1 fully saturated rings. The van der Waals surface area contributed by atoms with E-state index in [-0.39, 0.29) is 11.6 Å². The van der Waals surface area contributed by atoms with Crippen molar-refractivity contribution >= 4 is 23.0 Å². The Hall–Kier alpha value is -1.87. The lowest BCUT2D eigenvalue weighted by molar-refractivity contribution is 0.253. The summed E-state index contributed by atoms with van der Waals surface area (Å²) in [5.41, 5.74) is 3.76. The number of benzene rings is 2. The van der Waals surface area contributed by atoms with Crippen molar-refractivity contribution in [3.05, 3.63) is 65.7 Å². The third-order valence-electron chi connectivity index (χ3n) is 4.41. The van der Waals surface area contributed by atoms with Crippen molar-refractivity contribution in [2.75, 3.05) is 11.4 Å². The monoisotopic (exact) mass is 324 g/mol. The zero-order chi connectivity index (χ0) is 16.6. The van der Waals surface area contributed by atoms with Gasteiger partial charge in [-0.15, -0.1) is 0 Å². The smallest absolute Gasteiger partial charge is 0.177 e. The summed E-state index contributed by atoms with van der Waals surface area (Å²) in [6.07, 6.45) is 0. The first-order valence-electron chi connectivity index (χ1n) is 8.10. The molecule has 1 aliphatic rings. The molecule has 2 nitrogen and oxygen atoms in total. The quantitative estimate of drug-likeness (QED) is 0.722. The summed E-state index contributed by atoms with van der Waals surface area (Å²) >= 11 is 5.85. The predicted octanol–water partition coefficient (Wildman–Crippen LogP) is 4.94. The van der Waals surface area contributed by atoms with E-state index in [0.717, 1.165) is 11.7 Å². The zero-order valence-electron chi connectivity index (χ0n) is 14.3. The summed E-state index contributed by atoms with van der Waals surface area (Å²) in [4.78, 5) is 4.63. The molecule has 120 valence electrons. The fourth-order valence-corrected chi connectivity index (χ4v) is 3.66. The van der Waals surface area contributed by atoms with Crippen LogP contribution in [0.1, 0.15) is 37.9 Å². The van der Waals surface area contributed by atoms with Crippen LogP contribution in [0.4, 0.5) is 5.69 Å². The number of thiocarbonyl (C=S) groups is 1. The van der Waals surface area contributed by atoms with Crippen molar-refractivity contribution in [2.45, 2.75) is 39.3 Å².